The normalized spacial score (nSPS) is 18.5. The molecule has 1 aliphatic heterocycles. The molecule has 1 N–H and O–H groups in total. The Morgan fingerprint density at radius 2 is 2.23 bits per heavy atom. The number of pyridine rings is 1. The van der Waals surface area contributed by atoms with Crippen molar-refractivity contribution in [1.29, 1.82) is 0 Å². The second-order valence-electron chi connectivity index (χ2n) is 5.80. The molecule has 5 nitrogen and oxygen atoms in total. The molecule has 2 aromatic rings. The fourth-order valence-corrected chi connectivity index (χ4v) is 2.93. The first-order valence-corrected chi connectivity index (χ1v) is 7.56. The number of nitrogens with one attached hydrogen (secondary N) is 1. The summed E-state index contributed by atoms with van der Waals surface area (Å²) in [6.45, 7) is 6.30. The molecule has 1 aromatic heterocycles. The SMILES string of the molecule is COc1ccc2nc(C)cc(C(=O)N3CCN[C@@H](C)C3)c2c1. The molecule has 116 valence electrons. The maximum absolute atomic E-state index is 12.9. The molecule has 0 bridgehead atoms. The van der Waals surface area contributed by atoms with Gasteiger partial charge in [-0.05, 0) is 38.1 Å². The highest BCUT2D eigenvalue weighted by atomic mass is 16.5. The molecule has 2 heterocycles. The average Bonchev–Trinajstić information content (AvgIpc) is 2.53. The van der Waals surface area contributed by atoms with E-state index in [-0.39, 0.29) is 5.91 Å². The number of hydrogen-bond acceptors (Lipinski definition) is 4. The van der Waals surface area contributed by atoms with Gasteiger partial charge in [-0.1, -0.05) is 0 Å². The summed E-state index contributed by atoms with van der Waals surface area (Å²) in [5.41, 5.74) is 2.38. The molecule has 3 rings (SSSR count). The number of rotatable bonds is 2. The van der Waals surface area contributed by atoms with Gasteiger partial charge < -0.3 is 15.0 Å². The fraction of sp³-hybridized carbons (Fsp3) is 0.412. The largest absolute Gasteiger partial charge is 0.497 e. The maximum Gasteiger partial charge on any atom is 0.254 e. The summed E-state index contributed by atoms with van der Waals surface area (Å²) in [6.07, 6.45) is 0. The van der Waals surface area contributed by atoms with Crippen LogP contribution in [-0.2, 0) is 0 Å². The molecular weight excluding hydrogens is 278 g/mol. The van der Waals surface area contributed by atoms with Crippen molar-refractivity contribution in [2.24, 2.45) is 0 Å². The molecule has 0 aliphatic carbocycles. The molecule has 1 fully saturated rings. The van der Waals surface area contributed by atoms with Crippen molar-refractivity contribution in [3.05, 3.63) is 35.5 Å². The Labute approximate surface area is 130 Å². The van der Waals surface area contributed by atoms with E-state index in [4.69, 9.17) is 4.74 Å². The van der Waals surface area contributed by atoms with Crippen molar-refractivity contribution in [3.8, 4) is 5.75 Å². The van der Waals surface area contributed by atoms with Crippen molar-refractivity contribution in [1.82, 2.24) is 15.2 Å². The van der Waals surface area contributed by atoms with Gasteiger partial charge in [0, 0.05) is 36.8 Å². The zero-order valence-electron chi connectivity index (χ0n) is 13.2. The number of ether oxygens (including phenoxy) is 1. The Morgan fingerprint density at radius 3 is 2.95 bits per heavy atom. The van der Waals surface area contributed by atoms with E-state index in [1.165, 1.54) is 0 Å². The third-order valence-corrected chi connectivity index (χ3v) is 4.03. The molecule has 1 atom stereocenters. The summed E-state index contributed by atoms with van der Waals surface area (Å²) in [5.74, 6) is 0.804. The highest BCUT2D eigenvalue weighted by Gasteiger charge is 2.23. The van der Waals surface area contributed by atoms with E-state index < -0.39 is 0 Å². The first kappa shape index (κ1) is 14.8. The van der Waals surface area contributed by atoms with Crippen LogP contribution in [0, 0.1) is 6.92 Å². The number of aromatic nitrogens is 1. The van der Waals surface area contributed by atoms with Gasteiger partial charge in [-0.25, -0.2) is 0 Å². The van der Waals surface area contributed by atoms with Crippen LogP contribution in [0.1, 0.15) is 23.0 Å². The smallest absolute Gasteiger partial charge is 0.254 e. The number of piperazine rings is 1. The van der Waals surface area contributed by atoms with Crippen LogP contribution in [0.4, 0.5) is 0 Å². The number of fused-ring (bicyclic) bond motifs is 1. The molecule has 22 heavy (non-hydrogen) atoms. The summed E-state index contributed by atoms with van der Waals surface area (Å²) < 4.78 is 5.29. The van der Waals surface area contributed by atoms with Crippen LogP contribution in [0.5, 0.6) is 5.75 Å². The molecule has 1 saturated heterocycles. The zero-order chi connectivity index (χ0) is 15.7. The second-order valence-corrected chi connectivity index (χ2v) is 5.80. The van der Waals surface area contributed by atoms with Crippen LogP contribution in [0.15, 0.2) is 24.3 Å². The molecule has 1 aromatic carbocycles. The van der Waals surface area contributed by atoms with E-state index in [2.05, 4.69) is 17.2 Å². The van der Waals surface area contributed by atoms with Crippen LogP contribution in [0.25, 0.3) is 10.9 Å². The van der Waals surface area contributed by atoms with Crippen LogP contribution >= 0.6 is 0 Å². The quantitative estimate of drug-likeness (QED) is 0.921. The summed E-state index contributed by atoms with van der Waals surface area (Å²) in [5, 5.41) is 4.21. The molecule has 0 spiro atoms. The van der Waals surface area contributed by atoms with Gasteiger partial charge in [0.2, 0.25) is 0 Å². The number of hydrogen-bond donors (Lipinski definition) is 1. The van der Waals surface area contributed by atoms with Gasteiger partial charge in [0.1, 0.15) is 5.75 Å². The zero-order valence-corrected chi connectivity index (χ0v) is 13.2. The second kappa shape index (κ2) is 5.93. The molecule has 0 unspecified atom stereocenters. The van der Waals surface area contributed by atoms with E-state index in [1.54, 1.807) is 7.11 Å². The summed E-state index contributed by atoms with van der Waals surface area (Å²) in [6, 6.07) is 7.85. The van der Waals surface area contributed by atoms with Crippen molar-refractivity contribution < 1.29 is 9.53 Å². The van der Waals surface area contributed by atoms with Crippen molar-refractivity contribution >= 4 is 16.8 Å². The number of benzene rings is 1. The third kappa shape index (κ3) is 2.76. The standard InChI is InChI=1S/C17H21N3O2/c1-11-8-15(17(21)20-7-6-18-12(2)10-20)14-9-13(22-3)4-5-16(14)19-11/h4-5,8-9,12,18H,6-7,10H2,1-3H3/t12-/m0/s1. The Kier molecular flexibility index (Phi) is 3.98. The number of methoxy groups -OCH3 is 1. The lowest BCUT2D eigenvalue weighted by Gasteiger charge is -2.32. The van der Waals surface area contributed by atoms with Crippen LogP contribution < -0.4 is 10.1 Å². The number of nitrogens with zero attached hydrogens (tertiary/aromatic N) is 2. The average molecular weight is 299 g/mol. The first-order chi connectivity index (χ1) is 10.6. The van der Waals surface area contributed by atoms with Crippen LogP contribution in [0.2, 0.25) is 0 Å². The number of amides is 1. The monoisotopic (exact) mass is 299 g/mol. The number of aryl methyl sites for hydroxylation is 1. The topological polar surface area (TPSA) is 54.5 Å². The fourth-order valence-electron chi connectivity index (χ4n) is 2.93. The van der Waals surface area contributed by atoms with Crippen LogP contribution in [-0.4, -0.2) is 48.6 Å². The van der Waals surface area contributed by atoms with Crippen molar-refractivity contribution in [2.75, 3.05) is 26.7 Å². The Bertz CT molecular complexity index is 714. The number of carbonyl (C=O) groups excluding carboxylic acids is 1. The molecular formula is C17H21N3O2. The summed E-state index contributed by atoms with van der Waals surface area (Å²) in [7, 11) is 1.63. The van der Waals surface area contributed by atoms with Gasteiger partial charge in [-0.15, -0.1) is 0 Å². The molecule has 1 amide bonds. The van der Waals surface area contributed by atoms with E-state index in [0.29, 0.717) is 11.6 Å². The minimum absolute atomic E-state index is 0.0668. The van der Waals surface area contributed by atoms with Gasteiger partial charge in [0.15, 0.2) is 0 Å². The van der Waals surface area contributed by atoms with Gasteiger partial charge in [-0.2, -0.15) is 0 Å². The molecule has 1 aliphatic rings. The predicted octanol–water partition coefficient (Wildman–Crippen LogP) is 1.99. The van der Waals surface area contributed by atoms with E-state index >= 15 is 0 Å². The minimum atomic E-state index is 0.0668. The Morgan fingerprint density at radius 1 is 1.41 bits per heavy atom. The van der Waals surface area contributed by atoms with Gasteiger partial charge >= 0.3 is 0 Å². The lowest BCUT2D eigenvalue weighted by Crippen LogP contribution is -2.51. The van der Waals surface area contributed by atoms with Crippen molar-refractivity contribution in [3.63, 3.8) is 0 Å². The van der Waals surface area contributed by atoms with E-state index in [1.807, 2.05) is 36.1 Å². The highest BCUT2D eigenvalue weighted by Crippen LogP contribution is 2.25. The lowest BCUT2D eigenvalue weighted by molar-refractivity contribution is 0.0711. The van der Waals surface area contributed by atoms with Gasteiger partial charge in [0.25, 0.3) is 5.91 Å². The molecule has 0 saturated carbocycles. The van der Waals surface area contributed by atoms with Gasteiger partial charge in [-0.3, -0.25) is 9.78 Å². The highest BCUT2D eigenvalue weighted by molar-refractivity contribution is 6.06. The first-order valence-electron chi connectivity index (χ1n) is 7.56. The Balaban J connectivity index is 2.06. The van der Waals surface area contributed by atoms with Gasteiger partial charge in [0.05, 0.1) is 18.2 Å². The minimum Gasteiger partial charge on any atom is -0.497 e. The molecule has 5 heteroatoms. The summed E-state index contributed by atoms with van der Waals surface area (Å²) >= 11 is 0. The van der Waals surface area contributed by atoms with Crippen LogP contribution in [0.3, 0.4) is 0 Å². The predicted molar refractivity (Wildman–Crippen MR) is 86.4 cm³/mol. The lowest BCUT2D eigenvalue weighted by atomic mass is 10.1. The maximum atomic E-state index is 12.9. The number of carbonyl (C=O) groups is 1. The van der Waals surface area contributed by atoms with E-state index in [0.717, 1.165) is 42.0 Å². The summed E-state index contributed by atoms with van der Waals surface area (Å²) in [4.78, 5) is 19.4. The Hall–Kier alpha value is -2.14. The molecule has 0 radical (unpaired) electrons. The van der Waals surface area contributed by atoms with Crippen molar-refractivity contribution in [2.45, 2.75) is 19.9 Å². The third-order valence-electron chi connectivity index (χ3n) is 4.03. The van der Waals surface area contributed by atoms with E-state index in [9.17, 15) is 4.79 Å².